The third-order valence-electron chi connectivity index (χ3n) is 3.67. The number of tetrazole rings is 1. The van der Waals surface area contributed by atoms with Crippen molar-refractivity contribution in [2.75, 3.05) is 12.4 Å². The molecule has 0 atom stereocenters. The quantitative estimate of drug-likeness (QED) is 0.619. The van der Waals surface area contributed by atoms with Crippen LogP contribution < -0.4 is 10.1 Å². The minimum atomic E-state index is -0.268. The summed E-state index contributed by atoms with van der Waals surface area (Å²) in [5.74, 6) is 0.287. The summed E-state index contributed by atoms with van der Waals surface area (Å²) in [6, 6.07) is 11.4. The summed E-state index contributed by atoms with van der Waals surface area (Å²) >= 11 is 0. The summed E-state index contributed by atoms with van der Waals surface area (Å²) in [5, 5.41) is 15.4. The van der Waals surface area contributed by atoms with Gasteiger partial charge in [-0.05, 0) is 22.6 Å². The van der Waals surface area contributed by atoms with Crippen molar-refractivity contribution in [3.05, 3.63) is 42.7 Å². The number of aromatic nitrogens is 4. The van der Waals surface area contributed by atoms with Crippen LogP contribution in [-0.2, 0) is 11.3 Å². The van der Waals surface area contributed by atoms with E-state index in [9.17, 15) is 4.79 Å². The summed E-state index contributed by atoms with van der Waals surface area (Å²) in [6.07, 6.45) is 1.37. The highest BCUT2D eigenvalue weighted by Gasteiger charge is 2.14. The van der Waals surface area contributed by atoms with Gasteiger partial charge in [0, 0.05) is 16.8 Å². The third kappa shape index (κ3) is 2.43. The van der Waals surface area contributed by atoms with E-state index < -0.39 is 0 Å². The van der Waals surface area contributed by atoms with Gasteiger partial charge in [-0.25, -0.2) is 4.68 Å². The molecule has 0 bridgehead atoms. The molecule has 0 unspecified atom stereocenters. The molecule has 120 valence electrons. The minimum absolute atomic E-state index is 0.00826. The van der Waals surface area contributed by atoms with E-state index in [4.69, 9.17) is 9.15 Å². The van der Waals surface area contributed by atoms with Crippen molar-refractivity contribution in [3.8, 4) is 5.75 Å². The third-order valence-corrected chi connectivity index (χ3v) is 3.67. The van der Waals surface area contributed by atoms with Gasteiger partial charge in [-0.3, -0.25) is 4.79 Å². The molecule has 1 amide bonds. The summed E-state index contributed by atoms with van der Waals surface area (Å²) < 4.78 is 12.6. The van der Waals surface area contributed by atoms with Gasteiger partial charge in [-0.15, -0.1) is 5.10 Å². The molecule has 0 aliphatic rings. The number of methoxy groups -OCH3 is 1. The Kier molecular flexibility index (Phi) is 3.34. The molecule has 0 saturated heterocycles. The van der Waals surface area contributed by atoms with Gasteiger partial charge >= 0.3 is 0 Å². The summed E-state index contributed by atoms with van der Waals surface area (Å²) in [4.78, 5) is 12.1. The second-order valence-corrected chi connectivity index (χ2v) is 5.20. The second kappa shape index (κ2) is 5.65. The number of furan rings is 1. The number of para-hydroxylation sites is 1. The number of ether oxygens (including phenoxy) is 1. The molecule has 8 nitrogen and oxygen atoms in total. The number of nitrogens with zero attached hydrogens (tertiary/aromatic N) is 4. The SMILES string of the molecule is COc1cc2c(cc1NC(=O)Cn1cnnn1)oc1ccccc12. The molecular formula is C16H13N5O3. The molecule has 2 heterocycles. The number of nitrogens with one attached hydrogen (secondary N) is 1. The summed E-state index contributed by atoms with van der Waals surface area (Å²) in [7, 11) is 1.56. The fourth-order valence-corrected chi connectivity index (χ4v) is 2.61. The Morgan fingerprint density at radius 3 is 2.92 bits per heavy atom. The zero-order valence-corrected chi connectivity index (χ0v) is 12.8. The molecule has 0 aliphatic carbocycles. The number of carbonyl (C=O) groups is 1. The van der Waals surface area contributed by atoms with E-state index in [1.807, 2.05) is 30.3 Å². The van der Waals surface area contributed by atoms with Gasteiger partial charge in [0.2, 0.25) is 5.91 Å². The summed E-state index contributed by atoms with van der Waals surface area (Å²) in [5.41, 5.74) is 1.99. The highest BCUT2D eigenvalue weighted by Crippen LogP contribution is 2.36. The molecule has 2 aromatic carbocycles. The molecule has 1 N–H and O–H groups in total. The normalized spacial score (nSPS) is 11.0. The highest BCUT2D eigenvalue weighted by molar-refractivity contribution is 6.07. The molecule has 2 aromatic heterocycles. The number of fused-ring (bicyclic) bond motifs is 3. The number of rotatable bonds is 4. The first kappa shape index (κ1) is 14.2. The van der Waals surface area contributed by atoms with Gasteiger partial charge in [0.15, 0.2) is 0 Å². The first-order valence-electron chi connectivity index (χ1n) is 7.24. The van der Waals surface area contributed by atoms with E-state index in [0.29, 0.717) is 17.0 Å². The number of hydrogen-bond acceptors (Lipinski definition) is 6. The summed E-state index contributed by atoms with van der Waals surface area (Å²) in [6.45, 7) is 0.00826. The highest BCUT2D eigenvalue weighted by atomic mass is 16.5. The van der Waals surface area contributed by atoms with Crippen LogP contribution in [0.2, 0.25) is 0 Å². The zero-order valence-electron chi connectivity index (χ0n) is 12.8. The van der Waals surface area contributed by atoms with Crippen LogP contribution in [0.15, 0.2) is 47.1 Å². The van der Waals surface area contributed by atoms with Crippen molar-refractivity contribution in [3.63, 3.8) is 0 Å². The Bertz CT molecular complexity index is 1020. The van der Waals surface area contributed by atoms with Crippen LogP contribution in [-0.4, -0.2) is 33.2 Å². The molecule has 4 aromatic rings. The van der Waals surface area contributed by atoms with Crippen LogP contribution in [0.25, 0.3) is 21.9 Å². The lowest BCUT2D eigenvalue weighted by Gasteiger charge is -2.10. The number of hydrogen-bond donors (Lipinski definition) is 1. The van der Waals surface area contributed by atoms with Gasteiger partial charge in [-0.2, -0.15) is 0 Å². The van der Waals surface area contributed by atoms with E-state index >= 15 is 0 Å². The molecule has 8 heteroatoms. The number of benzene rings is 2. The van der Waals surface area contributed by atoms with Crippen LogP contribution in [0.3, 0.4) is 0 Å². The van der Waals surface area contributed by atoms with Crippen molar-refractivity contribution < 1.29 is 13.9 Å². The van der Waals surface area contributed by atoms with Crippen LogP contribution in [0.5, 0.6) is 5.75 Å². The molecule has 24 heavy (non-hydrogen) atoms. The smallest absolute Gasteiger partial charge is 0.246 e. The minimum Gasteiger partial charge on any atom is -0.495 e. The van der Waals surface area contributed by atoms with Crippen molar-refractivity contribution in [1.29, 1.82) is 0 Å². The number of anilines is 1. The maximum Gasteiger partial charge on any atom is 0.246 e. The molecule has 4 rings (SSSR count). The maximum absolute atomic E-state index is 12.1. The van der Waals surface area contributed by atoms with E-state index in [1.54, 1.807) is 13.2 Å². The van der Waals surface area contributed by atoms with Crippen LogP contribution in [0.4, 0.5) is 5.69 Å². The van der Waals surface area contributed by atoms with Crippen LogP contribution in [0.1, 0.15) is 0 Å². The van der Waals surface area contributed by atoms with Gasteiger partial charge in [0.1, 0.15) is 29.8 Å². The first-order chi connectivity index (χ1) is 11.7. The number of carbonyl (C=O) groups excluding carboxylic acids is 1. The van der Waals surface area contributed by atoms with Gasteiger partial charge < -0.3 is 14.5 Å². The predicted octanol–water partition coefficient (Wildman–Crippen LogP) is 2.22. The first-order valence-corrected chi connectivity index (χ1v) is 7.24. The van der Waals surface area contributed by atoms with Crippen molar-refractivity contribution in [2.45, 2.75) is 6.54 Å². The largest absolute Gasteiger partial charge is 0.495 e. The monoisotopic (exact) mass is 323 g/mol. The molecule has 0 fully saturated rings. The fraction of sp³-hybridized carbons (Fsp3) is 0.125. The number of amides is 1. The molecule has 0 radical (unpaired) electrons. The second-order valence-electron chi connectivity index (χ2n) is 5.20. The average Bonchev–Trinajstić information content (AvgIpc) is 3.20. The molecule has 0 aliphatic heterocycles. The molecule has 0 spiro atoms. The lowest BCUT2D eigenvalue weighted by molar-refractivity contribution is -0.116. The van der Waals surface area contributed by atoms with Crippen LogP contribution in [0, 0.1) is 0 Å². The van der Waals surface area contributed by atoms with Crippen molar-refractivity contribution >= 4 is 33.5 Å². The van der Waals surface area contributed by atoms with Crippen molar-refractivity contribution in [1.82, 2.24) is 20.2 Å². The maximum atomic E-state index is 12.1. The van der Waals surface area contributed by atoms with Crippen molar-refractivity contribution in [2.24, 2.45) is 0 Å². The van der Waals surface area contributed by atoms with E-state index in [1.165, 1.54) is 11.0 Å². The van der Waals surface area contributed by atoms with Gasteiger partial charge in [0.25, 0.3) is 0 Å². The van der Waals surface area contributed by atoms with E-state index in [0.717, 1.165) is 16.4 Å². The standard InChI is InChI=1S/C16H13N5O3/c1-23-15-6-11-10-4-2-3-5-13(10)24-14(11)7-12(15)18-16(22)8-21-9-17-19-20-21/h2-7,9H,8H2,1H3,(H,18,22). The Morgan fingerprint density at radius 1 is 1.25 bits per heavy atom. The average molecular weight is 323 g/mol. The lowest BCUT2D eigenvalue weighted by atomic mass is 10.1. The van der Waals surface area contributed by atoms with Crippen LogP contribution >= 0.6 is 0 Å². The van der Waals surface area contributed by atoms with Gasteiger partial charge in [0.05, 0.1) is 12.8 Å². The molecular weight excluding hydrogens is 310 g/mol. The van der Waals surface area contributed by atoms with Gasteiger partial charge in [-0.1, -0.05) is 18.2 Å². The van der Waals surface area contributed by atoms with E-state index in [-0.39, 0.29) is 12.5 Å². The Morgan fingerprint density at radius 2 is 2.12 bits per heavy atom. The van der Waals surface area contributed by atoms with E-state index in [2.05, 4.69) is 20.8 Å². The molecule has 0 saturated carbocycles. The Balaban J connectivity index is 1.71. The fourth-order valence-electron chi connectivity index (χ4n) is 2.61. The topological polar surface area (TPSA) is 95.1 Å². The predicted molar refractivity (Wildman–Crippen MR) is 86.7 cm³/mol. The lowest BCUT2D eigenvalue weighted by Crippen LogP contribution is -2.19. The zero-order chi connectivity index (χ0) is 16.5. The Hall–Kier alpha value is -3.42. The Labute approximate surface area is 136 Å².